The van der Waals surface area contributed by atoms with Gasteiger partial charge in [0.05, 0.1) is 6.61 Å². The highest BCUT2D eigenvalue weighted by Crippen LogP contribution is 2.16. The van der Waals surface area contributed by atoms with Gasteiger partial charge in [-0.2, -0.15) is 13.2 Å². The first-order valence-corrected chi connectivity index (χ1v) is 7.20. The van der Waals surface area contributed by atoms with E-state index in [1.54, 1.807) is 24.3 Å². The molecule has 3 nitrogen and oxygen atoms in total. The van der Waals surface area contributed by atoms with Gasteiger partial charge in [0, 0.05) is 12.1 Å². The van der Waals surface area contributed by atoms with Crippen LogP contribution in [0, 0.1) is 11.6 Å². The molecule has 0 saturated carbocycles. The molecule has 1 N–H and O–H groups in total. The molecule has 134 valence electrons. The number of hydrogen-bond acceptors (Lipinski definition) is 2. The fourth-order valence-electron chi connectivity index (χ4n) is 1.96. The van der Waals surface area contributed by atoms with E-state index in [1.807, 2.05) is 0 Å². The van der Waals surface area contributed by atoms with Crippen LogP contribution in [0.2, 0.25) is 0 Å². The first kappa shape index (κ1) is 18.9. The van der Waals surface area contributed by atoms with Crippen LogP contribution in [0.5, 0.6) is 0 Å². The normalized spacial score (nSPS) is 11.4. The molecule has 0 aromatic heterocycles. The molecule has 0 spiro atoms. The Hall–Kier alpha value is -2.48. The standard InChI is InChI=1S/C17H14F5NO2/c18-14-6-5-13(7-15(14)19)16(24)23-8-11-1-3-12(4-2-11)9-25-10-17(20,21)22/h1-7H,8-10H2,(H,23,24). The van der Waals surface area contributed by atoms with Crippen molar-refractivity contribution in [1.29, 1.82) is 0 Å². The monoisotopic (exact) mass is 359 g/mol. The summed E-state index contributed by atoms with van der Waals surface area (Å²) in [5.74, 6) is -2.73. The summed E-state index contributed by atoms with van der Waals surface area (Å²) in [4.78, 5) is 11.9. The molecule has 0 radical (unpaired) electrons. The van der Waals surface area contributed by atoms with Crippen molar-refractivity contribution in [3.63, 3.8) is 0 Å². The number of rotatable bonds is 6. The van der Waals surface area contributed by atoms with Crippen LogP contribution >= 0.6 is 0 Å². The number of amides is 1. The molecule has 0 aliphatic rings. The molecule has 0 unspecified atom stereocenters. The van der Waals surface area contributed by atoms with Crippen LogP contribution in [0.1, 0.15) is 21.5 Å². The molecule has 0 saturated heterocycles. The Morgan fingerprint density at radius 2 is 1.60 bits per heavy atom. The predicted octanol–water partition coefficient (Wildman–Crippen LogP) is 3.97. The van der Waals surface area contributed by atoms with Gasteiger partial charge in [-0.25, -0.2) is 8.78 Å². The van der Waals surface area contributed by atoms with Gasteiger partial charge in [0.1, 0.15) is 6.61 Å². The maximum Gasteiger partial charge on any atom is 0.411 e. The summed E-state index contributed by atoms with van der Waals surface area (Å²) in [7, 11) is 0. The van der Waals surface area contributed by atoms with Gasteiger partial charge in [0.15, 0.2) is 11.6 Å². The van der Waals surface area contributed by atoms with Crippen molar-refractivity contribution in [2.75, 3.05) is 6.61 Å². The van der Waals surface area contributed by atoms with Crippen LogP contribution in [0.3, 0.4) is 0 Å². The van der Waals surface area contributed by atoms with E-state index in [9.17, 15) is 26.7 Å². The van der Waals surface area contributed by atoms with Gasteiger partial charge in [-0.3, -0.25) is 4.79 Å². The molecule has 8 heteroatoms. The molecule has 2 rings (SSSR count). The van der Waals surface area contributed by atoms with Crippen LogP contribution in [0.25, 0.3) is 0 Å². The Labute approximate surface area is 140 Å². The summed E-state index contributed by atoms with van der Waals surface area (Å²) in [5.41, 5.74) is 1.23. The van der Waals surface area contributed by atoms with Gasteiger partial charge in [-0.05, 0) is 29.3 Å². The smallest absolute Gasteiger partial charge is 0.367 e. The lowest BCUT2D eigenvalue weighted by Crippen LogP contribution is -2.23. The van der Waals surface area contributed by atoms with E-state index in [0.717, 1.165) is 18.2 Å². The lowest BCUT2D eigenvalue weighted by atomic mass is 10.1. The van der Waals surface area contributed by atoms with Gasteiger partial charge in [0.2, 0.25) is 0 Å². The Morgan fingerprint density at radius 1 is 0.960 bits per heavy atom. The van der Waals surface area contributed by atoms with Crippen LogP contribution in [0.15, 0.2) is 42.5 Å². The maximum absolute atomic E-state index is 13.1. The van der Waals surface area contributed by atoms with Crippen molar-refractivity contribution < 1.29 is 31.5 Å². The molecular weight excluding hydrogens is 345 g/mol. The van der Waals surface area contributed by atoms with Crippen molar-refractivity contribution in [2.45, 2.75) is 19.3 Å². The number of nitrogens with one attached hydrogen (secondary N) is 1. The minimum absolute atomic E-state index is 0.0175. The summed E-state index contributed by atoms with van der Waals surface area (Å²) in [5, 5.41) is 2.54. The van der Waals surface area contributed by atoms with Gasteiger partial charge in [-0.1, -0.05) is 24.3 Å². The van der Waals surface area contributed by atoms with E-state index >= 15 is 0 Å². The summed E-state index contributed by atoms with van der Waals surface area (Å²) < 4.78 is 66.4. The number of hydrogen-bond donors (Lipinski definition) is 1. The third-order valence-corrected chi connectivity index (χ3v) is 3.19. The topological polar surface area (TPSA) is 38.3 Å². The number of carbonyl (C=O) groups excluding carboxylic acids is 1. The average molecular weight is 359 g/mol. The second-order valence-corrected chi connectivity index (χ2v) is 5.24. The quantitative estimate of drug-likeness (QED) is 0.793. The second kappa shape index (κ2) is 8.06. The van der Waals surface area contributed by atoms with Gasteiger partial charge < -0.3 is 10.1 Å². The molecule has 2 aromatic carbocycles. The summed E-state index contributed by atoms with van der Waals surface area (Å²) in [6, 6.07) is 9.22. The molecule has 0 bridgehead atoms. The number of benzene rings is 2. The highest BCUT2D eigenvalue weighted by molar-refractivity contribution is 5.94. The van der Waals surface area contributed by atoms with Crippen molar-refractivity contribution >= 4 is 5.91 Å². The Bertz CT molecular complexity index is 729. The van der Waals surface area contributed by atoms with Gasteiger partial charge in [0.25, 0.3) is 5.91 Å². The third-order valence-electron chi connectivity index (χ3n) is 3.19. The van der Waals surface area contributed by atoms with Gasteiger partial charge in [-0.15, -0.1) is 0 Å². The molecule has 1 amide bonds. The fraction of sp³-hybridized carbons (Fsp3) is 0.235. The Balaban J connectivity index is 1.84. The minimum atomic E-state index is -4.37. The summed E-state index contributed by atoms with van der Waals surface area (Å²) in [6.07, 6.45) is -4.37. The number of halogens is 5. The van der Waals surface area contributed by atoms with Crippen LogP contribution in [0.4, 0.5) is 22.0 Å². The largest absolute Gasteiger partial charge is 0.411 e. The SMILES string of the molecule is O=C(NCc1ccc(COCC(F)(F)F)cc1)c1ccc(F)c(F)c1. The van der Waals surface area contributed by atoms with Crippen molar-refractivity contribution in [3.8, 4) is 0 Å². The zero-order valence-electron chi connectivity index (χ0n) is 12.9. The molecular formula is C17H14F5NO2. The first-order valence-electron chi connectivity index (χ1n) is 7.20. The van der Waals surface area contributed by atoms with Crippen LogP contribution in [-0.4, -0.2) is 18.7 Å². The Morgan fingerprint density at radius 3 is 2.20 bits per heavy atom. The predicted molar refractivity (Wildman–Crippen MR) is 79.7 cm³/mol. The average Bonchev–Trinajstić information content (AvgIpc) is 2.55. The lowest BCUT2D eigenvalue weighted by molar-refractivity contribution is -0.176. The van der Waals surface area contributed by atoms with Crippen LogP contribution in [-0.2, 0) is 17.9 Å². The van der Waals surface area contributed by atoms with E-state index in [0.29, 0.717) is 11.1 Å². The molecule has 0 aliphatic carbocycles. The Kier molecular flexibility index (Phi) is 6.08. The summed E-state index contributed by atoms with van der Waals surface area (Å²) >= 11 is 0. The number of alkyl halides is 3. The first-order chi connectivity index (χ1) is 11.7. The van der Waals surface area contributed by atoms with E-state index in [1.165, 1.54) is 0 Å². The van der Waals surface area contributed by atoms with Crippen LogP contribution < -0.4 is 5.32 Å². The van der Waals surface area contributed by atoms with Crippen molar-refractivity contribution in [3.05, 3.63) is 70.8 Å². The third kappa shape index (κ3) is 6.15. The van der Waals surface area contributed by atoms with Crippen molar-refractivity contribution in [1.82, 2.24) is 5.32 Å². The number of carbonyl (C=O) groups is 1. The zero-order chi connectivity index (χ0) is 18.4. The maximum atomic E-state index is 13.1. The second-order valence-electron chi connectivity index (χ2n) is 5.24. The lowest BCUT2D eigenvalue weighted by Gasteiger charge is -2.09. The van der Waals surface area contributed by atoms with E-state index in [-0.39, 0.29) is 18.7 Å². The highest BCUT2D eigenvalue weighted by atomic mass is 19.4. The molecule has 0 atom stereocenters. The molecule has 0 fully saturated rings. The van der Waals surface area contributed by atoms with E-state index in [4.69, 9.17) is 0 Å². The molecule has 2 aromatic rings. The number of ether oxygens (including phenoxy) is 1. The fourth-order valence-corrected chi connectivity index (χ4v) is 1.96. The minimum Gasteiger partial charge on any atom is -0.367 e. The van der Waals surface area contributed by atoms with Crippen molar-refractivity contribution in [2.24, 2.45) is 0 Å². The summed E-state index contributed by atoms with van der Waals surface area (Å²) in [6.45, 7) is -1.37. The van der Waals surface area contributed by atoms with Gasteiger partial charge >= 0.3 is 6.18 Å². The molecule has 0 heterocycles. The molecule has 25 heavy (non-hydrogen) atoms. The molecule has 0 aliphatic heterocycles. The van der Waals surface area contributed by atoms with E-state index < -0.39 is 30.3 Å². The van der Waals surface area contributed by atoms with E-state index in [2.05, 4.69) is 10.1 Å². The zero-order valence-corrected chi connectivity index (χ0v) is 12.9. The highest BCUT2D eigenvalue weighted by Gasteiger charge is 2.27.